The first kappa shape index (κ1) is 31.5. The number of nitrogens with zero attached hydrogens (tertiary/aromatic N) is 4. The van der Waals surface area contributed by atoms with Crippen molar-refractivity contribution >= 4 is 24.8 Å². The average Bonchev–Trinajstić information content (AvgIpc) is 3.40. The number of phosphoric ester groups is 1. The molecule has 37 heavy (non-hydrogen) atoms. The van der Waals surface area contributed by atoms with Crippen molar-refractivity contribution < 1.29 is 38.4 Å². The lowest BCUT2D eigenvalue weighted by molar-refractivity contribution is -0.894. The number of phosphoric acid groups is 1. The van der Waals surface area contributed by atoms with Crippen molar-refractivity contribution in [3.05, 3.63) is 12.7 Å². The third-order valence-electron chi connectivity index (χ3n) is 6.12. The Morgan fingerprint density at radius 2 is 1.81 bits per heavy atom. The standard InChI is InChI=1S/C16H27N6O7P.C6H15N/c1-8(2)3-9(17)4-27-30(25,26)28-5-10-12(23)13(24)16(29-10)22-7-21-11-14(18)19-6-20-15(11)22;1-4-7(5-2)6-3/h6-10,12-13,16,23-24H,3-5,17H2,1-2H3,(H,25,26)(H2,18,19,20);4-6H2,1-3H3/t9-,10+,12+,13+,16+;/m0./s1. The molecular formula is C22H42N7O7P. The van der Waals surface area contributed by atoms with Crippen LogP contribution in [-0.4, -0.2) is 86.9 Å². The molecule has 0 aromatic carbocycles. The molecule has 1 aliphatic heterocycles. The Bertz CT molecular complexity index is 1000. The fourth-order valence-corrected chi connectivity index (χ4v) is 4.74. The highest BCUT2D eigenvalue weighted by Crippen LogP contribution is 2.40. The average molecular weight is 548 g/mol. The van der Waals surface area contributed by atoms with Gasteiger partial charge < -0.3 is 45.3 Å². The number of anilines is 1. The number of rotatable bonds is 12. The number of quaternary nitrogens is 1. The third-order valence-corrected chi connectivity index (χ3v) is 7.05. The molecule has 1 aliphatic rings. The minimum Gasteiger partial charge on any atom is -0.756 e. The van der Waals surface area contributed by atoms with Crippen molar-refractivity contribution in [2.45, 2.75) is 71.6 Å². The van der Waals surface area contributed by atoms with Gasteiger partial charge in [0.05, 0.1) is 39.2 Å². The molecule has 7 N–H and O–H groups in total. The van der Waals surface area contributed by atoms with Crippen molar-refractivity contribution in [2.24, 2.45) is 11.7 Å². The maximum atomic E-state index is 12.0. The molecule has 3 rings (SSSR count). The number of ether oxygens (including phenoxy) is 1. The van der Waals surface area contributed by atoms with Crippen LogP contribution in [0.3, 0.4) is 0 Å². The smallest absolute Gasteiger partial charge is 0.268 e. The largest absolute Gasteiger partial charge is 0.756 e. The van der Waals surface area contributed by atoms with Crippen LogP contribution in [0.4, 0.5) is 5.82 Å². The molecule has 1 fully saturated rings. The molecule has 1 unspecified atom stereocenters. The zero-order valence-corrected chi connectivity index (χ0v) is 23.1. The SMILES string of the molecule is CC(C)C[C@H](N)COP(=O)([O-])OC[C@H]1O[C@@H](n2cnc3c(N)ncnc32)[C@H](O)[C@@H]1O.CC[NH+](CC)CC. The van der Waals surface area contributed by atoms with Crippen molar-refractivity contribution in [3.63, 3.8) is 0 Å². The number of fused-ring (bicyclic) bond motifs is 1. The molecule has 0 radical (unpaired) electrons. The van der Waals surface area contributed by atoms with Crippen LogP contribution in [0.5, 0.6) is 0 Å². The van der Waals surface area contributed by atoms with Crippen molar-refractivity contribution in [1.82, 2.24) is 19.5 Å². The summed E-state index contributed by atoms with van der Waals surface area (Å²) in [7, 11) is -4.67. The molecule has 2 aromatic rings. The van der Waals surface area contributed by atoms with Crippen LogP contribution in [0.15, 0.2) is 12.7 Å². The predicted octanol–water partition coefficient (Wildman–Crippen LogP) is -1.17. The van der Waals surface area contributed by atoms with E-state index >= 15 is 0 Å². The summed E-state index contributed by atoms with van der Waals surface area (Å²) >= 11 is 0. The first-order chi connectivity index (χ1) is 17.4. The second-order valence-electron chi connectivity index (χ2n) is 9.37. The van der Waals surface area contributed by atoms with Gasteiger partial charge in [-0.1, -0.05) is 13.8 Å². The van der Waals surface area contributed by atoms with Gasteiger partial charge in [0.2, 0.25) is 0 Å². The monoisotopic (exact) mass is 547 g/mol. The first-order valence-electron chi connectivity index (χ1n) is 12.6. The summed E-state index contributed by atoms with van der Waals surface area (Å²) < 4.78 is 28.6. The predicted molar refractivity (Wildman–Crippen MR) is 135 cm³/mol. The van der Waals surface area contributed by atoms with E-state index in [9.17, 15) is 19.7 Å². The normalized spacial score (nSPS) is 24.3. The van der Waals surface area contributed by atoms with Gasteiger partial charge in [-0.25, -0.2) is 15.0 Å². The second-order valence-corrected chi connectivity index (χ2v) is 10.8. The van der Waals surface area contributed by atoms with Gasteiger partial charge in [0.1, 0.15) is 30.2 Å². The van der Waals surface area contributed by atoms with Crippen molar-refractivity contribution in [1.29, 1.82) is 0 Å². The molecule has 1 saturated heterocycles. The van der Waals surface area contributed by atoms with E-state index in [0.717, 1.165) is 0 Å². The van der Waals surface area contributed by atoms with Crippen LogP contribution >= 0.6 is 7.82 Å². The van der Waals surface area contributed by atoms with Gasteiger partial charge in [-0.15, -0.1) is 0 Å². The Morgan fingerprint density at radius 1 is 1.16 bits per heavy atom. The summed E-state index contributed by atoms with van der Waals surface area (Å²) in [6, 6.07) is -0.459. The molecule has 0 saturated carbocycles. The maximum absolute atomic E-state index is 12.0. The lowest BCUT2D eigenvalue weighted by Crippen LogP contribution is -3.11. The summed E-state index contributed by atoms with van der Waals surface area (Å²) in [6.07, 6.45) is -1.89. The van der Waals surface area contributed by atoms with Crippen molar-refractivity contribution in [3.8, 4) is 0 Å². The summed E-state index contributed by atoms with van der Waals surface area (Å²) in [6.45, 7) is 13.6. The number of aromatic nitrogens is 4. The Kier molecular flexibility index (Phi) is 12.3. The Balaban J connectivity index is 0.000000604. The number of imidazole rings is 1. The molecule has 0 spiro atoms. The quantitative estimate of drug-likeness (QED) is 0.199. The van der Waals surface area contributed by atoms with E-state index in [-0.39, 0.29) is 24.0 Å². The molecule has 2 aromatic heterocycles. The summed E-state index contributed by atoms with van der Waals surface area (Å²) in [5.74, 6) is 0.433. The first-order valence-corrected chi connectivity index (χ1v) is 14.0. The van der Waals surface area contributed by atoms with Crippen LogP contribution in [-0.2, 0) is 18.3 Å². The number of aliphatic hydroxyl groups excluding tert-OH is 2. The summed E-state index contributed by atoms with van der Waals surface area (Å²) in [4.78, 5) is 25.6. The van der Waals surface area contributed by atoms with Gasteiger partial charge in [-0.2, -0.15) is 0 Å². The number of nitrogen functional groups attached to an aromatic ring is 1. The lowest BCUT2D eigenvalue weighted by Gasteiger charge is -2.26. The fourth-order valence-electron chi connectivity index (χ4n) is 3.97. The van der Waals surface area contributed by atoms with E-state index in [1.165, 1.54) is 36.9 Å². The van der Waals surface area contributed by atoms with Crippen molar-refractivity contribution in [2.75, 3.05) is 38.6 Å². The zero-order chi connectivity index (χ0) is 27.8. The van der Waals surface area contributed by atoms with Gasteiger partial charge in [0, 0.05) is 6.04 Å². The highest BCUT2D eigenvalue weighted by Gasteiger charge is 2.44. The molecule has 0 aliphatic carbocycles. The van der Waals surface area contributed by atoms with E-state index < -0.39 is 45.0 Å². The van der Waals surface area contributed by atoms with E-state index in [1.54, 1.807) is 4.90 Å². The number of hydrogen-bond acceptors (Lipinski definition) is 12. The minimum atomic E-state index is -4.67. The highest BCUT2D eigenvalue weighted by atomic mass is 31.2. The molecule has 3 heterocycles. The number of nitrogens with one attached hydrogen (secondary N) is 1. The molecule has 212 valence electrons. The molecule has 0 bridgehead atoms. The van der Waals surface area contributed by atoms with Crippen LogP contribution in [0.1, 0.15) is 47.3 Å². The van der Waals surface area contributed by atoms with Crippen LogP contribution in [0, 0.1) is 5.92 Å². The third kappa shape index (κ3) is 8.91. The zero-order valence-electron chi connectivity index (χ0n) is 22.2. The molecule has 14 nitrogen and oxygen atoms in total. The topological polar surface area (TPSA) is 208 Å². The number of hydrogen-bond donors (Lipinski definition) is 5. The number of aliphatic hydroxyl groups is 2. The second kappa shape index (κ2) is 14.4. The summed E-state index contributed by atoms with van der Waals surface area (Å²) in [5, 5.41) is 20.6. The van der Waals surface area contributed by atoms with E-state index in [0.29, 0.717) is 11.9 Å². The van der Waals surface area contributed by atoms with Gasteiger partial charge in [-0.05, 0) is 33.1 Å². The minimum absolute atomic E-state index is 0.145. The van der Waals surface area contributed by atoms with E-state index in [2.05, 4.69) is 35.7 Å². The van der Waals surface area contributed by atoms with Gasteiger partial charge in [-0.3, -0.25) is 9.13 Å². The molecular weight excluding hydrogens is 505 g/mol. The van der Waals surface area contributed by atoms with Crippen LogP contribution in [0.2, 0.25) is 0 Å². The van der Waals surface area contributed by atoms with E-state index in [4.69, 9.17) is 25.3 Å². The van der Waals surface area contributed by atoms with E-state index in [1.807, 2.05) is 13.8 Å². The fraction of sp³-hybridized carbons (Fsp3) is 0.773. The maximum Gasteiger partial charge on any atom is 0.268 e. The van der Waals surface area contributed by atoms with Crippen LogP contribution in [0.25, 0.3) is 11.2 Å². The molecule has 0 amide bonds. The van der Waals surface area contributed by atoms with Gasteiger partial charge in [0.15, 0.2) is 17.7 Å². The Labute approximate surface area is 217 Å². The summed E-state index contributed by atoms with van der Waals surface area (Å²) in [5.41, 5.74) is 12.1. The van der Waals surface area contributed by atoms with Crippen LogP contribution < -0.4 is 21.3 Å². The molecule has 15 heteroatoms. The highest BCUT2D eigenvalue weighted by molar-refractivity contribution is 7.45. The Hall–Kier alpha value is -1.74. The van der Waals surface area contributed by atoms with Gasteiger partial charge >= 0.3 is 0 Å². The molecule has 6 atom stereocenters. The van der Waals surface area contributed by atoms with Gasteiger partial charge in [0.25, 0.3) is 7.82 Å². The Morgan fingerprint density at radius 3 is 2.38 bits per heavy atom. The number of nitrogens with two attached hydrogens (primary N) is 2. The lowest BCUT2D eigenvalue weighted by atomic mass is 10.1.